The van der Waals surface area contributed by atoms with Crippen LogP contribution in [0.3, 0.4) is 0 Å². The zero-order valence-corrected chi connectivity index (χ0v) is 21.8. The molecule has 1 aromatic carbocycles. The lowest BCUT2D eigenvalue weighted by atomic mass is 9.70. The van der Waals surface area contributed by atoms with Gasteiger partial charge in [0.15, 0.2) is 0 Å². The Morgan fingerprint density at radius 1 is 1.32 bits per heavy atom. The Kier molecular flexibility index (Phi) is 6.82. The molecule has 0 saturated carbocycles. The van der Waals surface area contributed by atoms with Crippen molar-refractivity contribution in [2.75, 3.05) is 13.1 Å². The van der Waals surface area contributed by atoms with Gasteiger partial charge in [-0.2, -0.15) is 0 Å². The van der Waals surface area contributed by atoms with Crippen LogP contribution in [0.4, 0.5) is 4.79 Å². The minimum atomic E-state index is -0.614. The van der Waals surface area contributed by atoms with E-state index in [1.165, 1.54) is 0 Å². The van der Waals surface area contributed by atoms with Gasteiger partial charge in [-0.3, -0.25) is 4.79 Å². The summed E-state index contributed by atoms with van der Waals surface area (Å²) in [6, 6.07) is 5.13. The molecule has 0 unspecified atom stereocenters. The third-order valence-electron chi connectivity index (χ3n) is 7.16. The summed E-state index contributed by atoms with van der Waals surface area (Å²) in [7, 11) is 0. The SMILES string of the molecule is CC[C@@H](NC(=O)OC(C)(C)C)C(=O)N1CC[C@H]2O[C@H]3c4cc(Cl)ccc4OC(C)(C)[C@@H]3C[C@H]2C1. The molecular weight excluding hydrogens is 456 g/mol. The van der Waals surface area contributed by atoms with Gasteiger partial charge >= 0.3 is 6.09 Å². The predicted octanol–water partition coefficient (Wildman–Crippen LogP) is 5.11. The number of hydrogen-bond acceptors (Lipinski definition) is 5. The van der Waals surface area contributed by atoms with Crippen LogP contribution in [0.5, 0.6) is 5.75 Å². The van der Waals surface area contributed by atoms with Crippen LogP contribution in [-0.2, 0) is 14.3 Å². The molecule has 188 valence electrons. The van der Waals surface area contributed by atoms with E-state index >= 15 is 0 Å². The van der Waals surface area contributed by atoms with Crippen molar-refractivity contribution < 1.29 is 23.8 Å². The van der Waals surface area contributed by atoms with Gasteiger partial charge in [-0.05, 0) is 72.1 Å². The maximum atomic E-state index is 13.3. The van der Waals surface area contributed by atoms with Gasteiger partial charge in [0.2, 0.25) is 5.91 Å². The number of halogens is 1. The molecule has 3 aliphatic rings. The van der Waals surface area contributed by atoms with Gasteiger partial charge < -0.3 is 24.4 Å². The molecule has 0 aliphatic carbocycles. The van der Waals surface area contributed by atoms with Gasteiger partial charge in [0.25, 0.3) is 0 Å². The summed E-state index contributed by atoms with van der Waals surface area (Å²) in [4.78, 5) is 27.4. The molecule has 0 aromatic heterocycles. The van der Waals surface area contributed by atoms with Crippen molar-refractivity contribution in [3.63, 3.8) is 0 Å². The smallest absolute Gasteiger partial charge is 0.408 e. The fraction of sp³-hybridized carbons (Fsp3) is 0.692. The van der Waals surface area contributed by atoms with Crippen LogP contribution < -0.4 is 10.1 Å². The quantitative estimate of drug-likeness (QED) is 0.634. The molecule has 1 aromatic rings. The average molecular weight is 493 g/mol. The molecule has 7 nitrogen and oxygen atoms in total. The Balaban J connectivity index is 1.45. The minimum Gasteiger partial charge on any atom is -0.487 e. The topological polar surface area (TPSA) is 77.1 Å². The molecule has 5 atom stereocenters. The van der Waals surface area contributed by atoms with Crippen LogP contribution in [-0.4, -0.2) is 53.3 Å². The van der Waals surface area contributed by atoms with E-state index in [4.69, 9.17) is 25.8 Å². The highest BCUT2D eigenvalue weighted by molar-refractivity contribution is 6.30. The number of rotatable bonds is 3. The second kappa shape index (κ2) is 9.23. The summed E-state index contributed by atoms with van der Waals surface area (Å²) >= 11 is 6.29. The molecule has 1 N–H and O–H groups in total. The molecule has 2 saturated heterocycles. The van der Waals surface area contributed by atoms with Crippen molar-refractivity contribution in [1.82, 2.24) is 10.2 Å². The number of piperidine rings is 1. The summed E-state index contributed by atoms with van der Waals surface area (Å²) in [5, 5.41) is 3.43. The van der Waals surface area contributed by atoms with Crippen molar-refractivity contribution in [3.8, 4) is 5.75 Å². The summed E-state index contributed by atoms with van der Waals surface area (Å²) < 4.78 is 18.4. The van der Waals surface area contributed by atoms with Crippen LogP contribution in [0.2, 0.25) is 5.02 Å². The van der Waals surface area contributed by atoms with Gasteiger partial charge in [-0.25, -0.2) is 4.79 Å². The molecule has 0 bridgehead atoms. The Labute approximate surface area is 207 Å². The monoisotopic (exact) mass is 492 g/mol. The number of carbonyl (C=O) groups is 2. The van der Waals surface area contributed by atoms with Crippen LogP contribution in [0, 0.1) is 11.8 Å². The molecule has 2 amide bonds. The molecule has 3 heterocycles. The normalized spacial score (nSPS) is 28.5. The third kappa shape index (κ3) is 5.15. The van der Waals surface area contributed by atoms with Crippen LogP contribution in [0.25, 0.3) is 0 Å². The van der Waals surface area contributed by atoms with E-state index in [-0.39, 0.29) is 30.0 Å². The standard InChI is InChI=1S/C26H37ClN2O5/c1-7-19(28-24(31)34-25(2,3)4)23(30)29-11-10-20-15(14-29)12-18-22(32-20)17-13-16(27)8-9-21(17)33-26(18,5)6/h8-9,13,15,18-20,22H,7,10-12,14H2,1-6H3,(H,28,31)/t15-,18+,19+,20+,22-/m0/s1. The van der Waals surface area contributed by atoms with Crippen molar-refractivity contribution in [3.05, 3.63) is 28.8 Å². The van der Waals surface area contributed by atoms with E-state index in [2.05, 4.69) is 19.2 Å². The fourth-order valence-corrected chi connectivity index (χ4v) is 5.67. The molecule has 8 heteroatoms. The summed E-state index contributed by atoms with van der Waals surface area (Å²) in [5.41, 5.74) is 0.00569. The van der Waals surface area contributed by atoms with Crippen molar-refractivity contribution in [1.29, 1.82) is 0 Å². The summed E-state index contributed by atoms with van der Waals surface area (Å²) in [6.45, 7) is 12.7. The number of hydrogen-bond donors (Lipinski definition) is 1. The molecule has 2 fully saturated rings. The van der Waals surface area contributed by atoms with Gasteiger partial charge in [0.1, 0.15) is 23.0 Å². The number of benzene rings is 1. The van der Waals surface area contributed by atoms with Gasteiger partial charge in [-0.1, -0.05) is 18.5 Å². The lowest BCUT2D eigenvalue weighted by Crippen LogP contribution is -2.58. The largest absolute Gasteiger partial charge is 0.487 e. The average Bonchev–Trinajstić information content (AvgIpc) is 2.75. The number of amides is 2. The summed E-state index contributed by atoms with van der Waals surface area (Å²) in [5.74, 6) is 1.13. The first-order valence-corrected chi connectivity index (χ1v) is 12.7. The molecule has 0 spiro atoms. The first kappa shape index (κ1) is 25.1. The second-order valence-corrected chi connectivity index (χ2v) is 11.7. The molecular formula is C26H37ClN2O5. The first-order chi connectivity index (χ1) is 15.9. The van der Waals surface area contributed by atoms with E-state index in [0.29, 0.717) is 24.5 Å². The molecule has 3 aliphatic heterocycles. The highest BCUT2D eigenvalue weighted by atomic mass is 35.5. The van der Waals surface area contributed by atoms with Gasteiger partial charge in [-0.15, -0.1) is 0 Å². The number of nitrogens with one attached hydrogen (secondary N) is 1. The van der Waals surface area contributed by atoms with E-state index in [0.717, 1.165) is 24.2 Å². The third-order valence-corrected chi connectivity index (χ3v) is 7.40. The number of likely N-dealkylation sites (tertiary alicyclic amines) is 1. The van der Waals surface area contributed by atoms with E-state index in [9.17, 15) is 9.59 Å². The second-order valence-electron chi connectivity index (χ2n) is 11.3. The maximum absolute atomic E-state index is 13.3. The van der Waals surface area contributed by atoms with Crippen molar-refractivity contribution >= 4 is 23.6 Å². The zero-order chi connectivity index (χ0) is 24.8. The number of ether oxygens (including phenoxy) is 3. The fourth-order valence-electron chi connectivity index (χ4n) is 5.49. The maximum Gasteiger partial charge on any atom is 0.408 e. The van der Waals surface area contributed by atoms with E-state index in [1.54, 1.807) is 20.8 Å². The lowest BCUT2D eigenvalue weighted by molar-refractivity contribution is -0.189. The molecule has 4 rings (SSSR count). The highest BCUT2D eigenvalue weighted by Gasteiger charge is 2.51. The zero-order valence-electron chi connectivity index (χ0n) is 21.0. The van der Waals surface area contributed by atoms with E-state index in [1.807, 2.05) is 30.0 Å². The minimum absolute atomic E-state index is 0.0646. The van der Waals surface area contributed by atoms with Crippen LogP contribution in [0.1, 0.15) is 72.5 Å². The van der Waals surface area contributed by atoms with Gasteiger partial charge in [0, 0.05) is 35.5 Å². The van der Waals surface area contributed by atoms with Gasteiger partial charge in [0.05, 0.1) is 12.2 Å². The number of alkyl carbamates (subject to hydrolysis) is 1. The molecule has 0 radical (unpaired) electrons. The van der Waals surface area contributed by atoms with Crippen LogP contribution >= 0.6 is 11.6 Å². The Bertz CT molecular complexity index is 944. The summed E-state index contributed by atoms with van der Waals surface area (Å²) in [6.07, 6.45) is 1.60. The highest BCUT2D eigenvalue weighted by Crippen LogP contribution is 2.53. The molecule has 34 heavy (non-hydrogen) atoms. The number of nitrogens with zero attached hydrogens (tertiary/aromatic N) is 1. The predicted molar refractivity (Wildman–Crippen MR) is 130 cm³/mol. The van der Waals surface area contributed by atoms with Crippen molar-refractivity contribution in [2.24, 2.45) is 11.8 Å². The Morgan fingerprint density at radius 2 is 2.06 bits per heavy atom. The first-order valence-electron chi connectivity index (χ1n) is 12.3. The van der Waals surface area contributed by atoms with Crippen LogP contribution in [0.15, 0.2) is 18.2 Å². The van der Waals surface area contributed by atoms with Crippen molar-refractivity contribution in [2.45, 2.75) is 90.3 Å². The Morgan fingerprint density at radius 3 is 2.74 bits per heavy atom. The number of fused-ring (bicyclic) bond motifs is 4. The van der Waals surface area contributed by atoms with E-state index < -0.39 is 23.3 Å². The Hall–Kier alpha value is -1.99. The number of carbonyl (C=O) groups excluding carboxylic acids is 2. The lowest BCUT2D eigenvalue weighted by Gasteiger charge is -2.53.